The minimum atomic E-state index is -3.10. The van der Waals surface area contributed by atoms with Crippen molar-refractivity contribution in [2.75, 3.05) is 11.5 Å². The summed E-state index contributed by atoms with van der Waals surface area (Å²) in [4.78, 5) is 0. The van der Waals surface area contributed by atoms with E-state index < -0.39 is 15.9 Å². The average molecular weight is 276 g/mol. The first-order valence-electron chi connectivity index (χ1n) is 5.32. The summed E-state index contributed by atoms with van der Waals surface area (Å²) < 4.78 is 22.6. The summed E-state index contributed by atoms with van der Waals surface area (Å²) in [5.41, 5.74) is 0.967. The van der Waals surface area contributed by atoms with Gasteiger partial charge in [0.15, 0.2) is 9.84 Å². The van der Waals surface area contributed by atoms with Crippen LogP contribution in [-0.2, 0) is 16.4 Å². The molecule has 94 valence electrons. The van der Waals surface area contributed by atoms with E-state index in [4.69, 9.17) is 11.6 Å². The largest absolute Gasteiger partial charge is 0.390 e. The number of hydrogen-bond donors (Lipinski definition) is 2. The first-order valence-corrected chi connectivity index (χ1v) is 7.52. The molecule has 0 amide bonds. The Morgan fingerprint density at radius 2 is 2.18 bits per heavy atom. The van der Waals surface area contributed by atoms with Crippen molar-refractivity contribution in [3.05, 3.63) is 34.9 Å². The molecule has 6 heteroatoms. The van der Waals surface area contributed by atoms with Crippen LogP contribution in [0.3, 0.4) is 0 Å². The van der Waals surface area contributed by atoms with Crippen molar-refractivity contribution in [2.24, 2.45) is 0 Å². The smallest absolute Gasteiger partial charge is 0.154 e. The van der Waals surface area contributed by atoms with Gasteiger partial charge in [0.2, 0.25) is 0 Å². The van der Waals surface area contributed by atoms with Crippen molar-refractivity contribution in [3.63, 3.8) is 0 Å². The lowest BCUT2D eigenvalue weighted by Gasteiger charge is -2.14. The van der Waals surface area contributed by atoms with Gasteiger partial charge in [-0.25, -0.2) is 8.42 Å². The number of hydrogen-bond acceptors (Lipinski definition) is 4. The standard InChI is InChI=1S/C11H14ClNO3S/c12-9-3-1-2-8(4-9)5-13-10-6-17(15,16)7-11(10)14/h1-4,10-11,13-14H,5-7H2. The number of sulfone groups is 1. The van der Waals surface area contributed by atoms with Gasteiger partial charge in [0.05, 0.1) is 17.6 Å². The van der Waals surface area contributed by atoms with Crippen LogP contribution in [0.5, 0.6) is 0 Å². The molecule has 0 aromatic heterocycles. The van der Waals surface area contributed by atoms with Crippen LogP contribution >= 0.6 is 11.6 Å². The number of halogens is 1. The lowest BCUT2D eigenvalue weighted by Crippen LogP contribution is -2.38. The van der Waals surface area contributed by atoms with Crippen molar-refractivity contribution in [1.29, 1.82) is 0 Å². The van der Waals surface area contributed by atoms with Crippen molar-refractivity contribution < 1.29 is 13.5 Å². The molecule has 2 unspecified atom stereocenters. The van der Waals surface area contributed by atoms with Gasteiger partial charge in [0.1, 0.15) is 0 Å². The van der Waals surface area contributed by atoms with Gasteiger partial charge in [-0.15, -0.1) is 0 Å². The molecule has 0 aliphatic carbocycles. The van der Waals surface area contributed by atoms with Crippen molar-refractivity contribution >= 4 is 21.4 Å². The van der Waals surface area contributed by atoms with Gasteiger partial charge < -0.3 is 10.4 Å². The van der Waals surface area contributed by atoms with E-state index in [-0.39, 0.29) is 17.5 Å². The van der Waals surface area contributed by atoms with Crippen LogP contribution in [-0.4, -0.2) is 37.2 Å². The predicted molar refractivity (Wildman–Crippen MR) is 66.7 cm³/mol. The van der Waals surface area contributed by atoms with Crippen LogP contribution in [0.15, 0.2) is 24.3 Å². The van der Waals surface area contributed by atoms with Gasteiger partial charge in [-0.2, -0.15) is 0 Å². The van der Waals surface area contributed by atoms with Gasteiger partial charge in [0.25, 0.3) is 0 Å². The highest BCUT2D eigenvalue weighted by atomic mass is 35.5. The quantitative estimate of drug-likeness (QED) is 0.847. The zero-order valence-electron chi connectivity index (χ0n) is 9.14. The third-order valence-electron chi connectivity index (χ3n) is 2.78. The van der Waals surface area contributed by atoms with Gasteiger partial charge >= 0.3 is 0 Å². The number of rotatable bonds is 3. The molecule has 2 atom stereocenters. The summed E-state index contributed by atoms with van der Waals surface area (Å²) in [6.45, 7) is 0.498. The highest BCUT2D eigenvalue weighted by molar-refractivity contribution is 7.91. The molecule has 1 heterocycles. The van der Waals surface area contributed by atoms with Crippen LogP contribution in [0, 0.1) is 0 Å². The summed E-state index contributed by atoms with van der Waals surface area (Å²) in [7, 11) is -3.10. The van der Waals surface area contributed by atoms with E-state index in [1.54, 1.807) is 6.07 Å². The van der Waals surface area contributed by atoms with Crippen LogP contribution in [0.1, 0.15) is 5.56 Å². The molecule has 1 aliphatic rings. The van der Waals surface area contributed by atoms with Gasteiger partial charge in [0, 0.05) is 17.6 Å². The second-order valence-corrected chi connectivity index (χ2v) is 6.85. The zero-order valence-corrected chi connectivity index (χ0v) is 10.7. The molecule has 0 radical (unpaired) electrons. The summed E-state index contributed by atoms with van der Waals surface area (Å²) in [5.74, 6) is -0.158. The lowest BCUT2D eigenvalue weighted by atomic mass is 10.2. The van der Waals surface area contributed by atoms with Crippen LogP contribution < -0.4 is 5.32 Å². The Morgan fingerprint density at radius 1 is 1.41 bits per heavy atom. The molecular weight excluding hydrogens is 262 g/mol. The van der Waals surface area contributed by atoms with Gasteiger partial charge in [-0.1, -0.05) is 23.7 Å². The number of aliphatic hydroxyl groups is 1. The van der Waals surface area contributed by atoms with E-state index >= 15 is 0 Å². The summed E-state index contributed by atoms with van der Waals surface area (Å²) in [5, 5.41) is 13.3. The molecular formula is C11H14ClNO3S. The van der Waals surface area contributed by atoms with Crippen LogP contribution in [0.25, 0.3) is 0 Å². The fourth-order valence-corrected chi connectivity index (χ4v) is 3.91. The van der Waals surface area contributed by atoms with Crippen LogP contribution in [0.2, 0.25) is 5.02 Å². The highest BCUT2D eigenvalue weighted by Crippen LogP contribution is 2.14. The van der Waals surface area contributed by atoms with E-state index in [0.29, 0.717) is 11.6 Å². The summed E-state index contributed by atoms with van der Waals surface area (Å²) in [6.07, 6.45) is -0.820. The molecule has 1 aliphatic heterocycles. The normalized spacial score (nSPS) is 27.2. The monoisotopic (exact) mass is 275 g/mol. The predicted octanol–water partition coefficient (Wildman–Crippen LogP) is 0.588. The Labute approximate surface area is 106 Å². The second-order valence-electron chi connectivity index (χ2n) is 4.26. The van der Waals surface area contributed by atoms with E-state index in [1.165, 1.54) is 0 Å². The summed E-state index contributed by atoms with van der Waals surface area (Å²) in [6, 6.07) is 6.93. The zero-order chi connectivity index (χ0) is 12.5. The Hall–Kier alpha value is -0.620. The fourth-order valence-electron chi connectivity index (χ4n) is 1.92. The van der Waals surface area contributed by atoms with Gasteiger partial charge in [-0.3, -0.25) is 0 Å². The van der Waals surface area contributed by atoms with E-state index in [1.807, 2.05) is 18.2 Å². The molecule has 4 nitrogen and oxygen atoms in total. The Kier molecular flexibility index (Phi) is 3.73. The molecule has 1 aromatic rings. The van der Waals surface area contributed by atoms with Crippen LogP contribution in [0.4, 0.5) is 0 Å². The topological polar surface area (TPSA) is 66.4 Å². The van der Waals surface area contributed by atoms with Crippen molar-refractivity contribution in [3.8, 4) is 0 Å². The highest BCUT2D eigenvalue weighted by Gasteiger charge is 2.35. The molecule has 2 N–H and O–H groups in total. The van der Waals surface area contributed by atoms with E-state index in [9.17, 15) is 13.5 Å². The fraction of sp³-hybridized carbons (Fsp3) is 0.455. The Balaban J connectivity index is 1.95. The van der Waals surface area contributed by atoms with E-state index in [2.05, 4.69) is 5.32 Å². The Morgan fingerprint density at radius 3 is 2.76 bits per heavy atom. The molecule has 1 saturated heterocycles. The SMILES string of the molecule is O=S1(=O)CC(O)C(NCc2cccc(Cl)c2)C1. The molecule has 0 saturated carbocycles. The number of nitrogens with one attached hydrogen (secondary N) is 1. The molecule has 1 fully saturated rings. The maximum atomic E-state index is 11.3. The summed E-state index contributed by atoms with van der Waals surface area (Å²) >= 11 is 5.84. The lowest BCUT2D eigenvalue weighted by molar-refractivity contribution is 0.165. The second kappa shape index (κ2) is 4.94. The number of benzene rings is 1. The average Bonchev–Trinajstić information content (AvgIpc) is 2.49. The maximum Gasteiger partial charge on any atom is 0.154 e. The Bertz CT molecular complexity index is 503. The third kappa shape index (κ3) is 3.42. The maximum absolute atomic E-state index is 11.3. The van der Waals surface area contributed by atoms with Crippen molar-refractivity contribution in [1.82, 2.24) is 5.32 Å². The first-order chi connectivity index (χ1) is 7.96. The molecule has 0 spiro atoms. The minimum Gasteiger partial charge on any atom is -0.390 e. The molecule has 0 bridgehead atoms. The van der Waals surface area contributed by atoms with Gasteiger partial charge in [-0.05, 0) is 17.7 Å². The molecule has 2 rings (SSSR count). The molecule has 1 aromatic carbocycles. The number of aliphatic hydroxyl groups excluding tert-OH is 1. The first kappa shape index (κ1) is 12.8. The van der Waals surface area contributed by atoms with E-state index in [0.717, 1.165) is 5.56 Å². The minimum absolute atomic E-state index is 0.00523. The third-order valence-corrected chi connectivity index (χ3v) is 4.73. The van der Waals surface area contributed by atoms with Crippen molar-refractivity contribution in [2.45, 2.75) is 18.7 Å². The molecule has 17 heavy (non-hydrogen) atoms.